The fraction of sp³-hybridized carbons (Fsp3) is 0.393. The van der Waals surface area contributed by atoms with Crippen molar-refractivity contribution >= 4 is 29.4 Å². The van der Waals surface area contributed by atoms with Gasteiger partial charge in [-0.1, -0.05) is 33.8 Å². The molecule has 0 spiro atoms. The molecule has 7 heteroatoms. The van der Waals surface area contributed by atoms with E-state index in [1.807, 2.05) is 40.7 Å². The van der Waals surface area contributed by atoms with Crippen molar-refractivity contribution in [1.82, 2.24) is 0 Å². The molecular formula is C28H35NO6. The Kier molecular flexibility index (Phi) is 10.1. The Bertz CT molecular complexity index is 1050. The van der Waals surface area contributed by atoms with Crippen molar-refractivity contribution in [2.75, 3.05) is 18.5 Å². The predicted octanol–water partition coefficient (Wildman–Crippen LogP) is 5.69. The summed E-state index contributed by atoms with van der Waals surface area (Å²) >= 11 is 0. The number of benzene rings is 2. The fourth-order valence-corrected chi connectivity index (χ4v) is 2.93. The van der Waals surface area contributed by atoms with Crippen molar-refractivity contribution in [1.29, 1.82) is 0 Å². The normalized spacial score (nSPS) is 12.2. The number of ether oxygens (including phenoxy) is 3. The molecule has 0 aliphatic rings. The highest BCUT2D eigenvalue weighted by atomic mass is 16.5. The SMILES string of the molecule is CCCOc1ccc(/C=C/C(=O)O[C@@H](C)C(=O)c2ccc(NC(=O)C(C)(C)C)cc2)cc1OCC. The molecule has 1 amide bonds. The molecule has 0 heterocycles. The van der Waals surface area contributed by atoms with Gasteiger partial charge in [0.1, 0.15) is 0 Å². The van der Waals surface area contributed by atoms with Crippen molar-refractivity contribution in [2.45, 2.75) is 54.1 Å². The van der Waals surface area contributed by atoms with Crippen LogP contribution in [0.4, 0.5) is 5.69 Å². The van der Waals surface area contributed by atoms with E-state index >= 15 is 0 Å². The Morgan fingerprint density at radius 3 is 2.26 bits per heavy atom. The third-order valence-corrected chi connectivity index (χ3v) is 4.91. The van der Waals surface area contributed by atoms with Crippen LogP contribution >= 0.6 is 0 Å². The lowest BCUT2D eigenvalue weighted by molar-refractivity contribution is -0.140. The van der Waals surface area contributed by atoms with E-state index in [9.17, 15) is 14.4 Å². The smallest absolute Gasteiger partial charge is 0.331 e. The Hall–Kier alpha value is -3.61. The molecule has 0 bridgehead atoms. The first-order chi connectivity index (χ1) is 16.5. The fourth-order valence-electron chi connectivity index (χ4n) is 2.93. The van der Waals surface area contributed by atoms with Crippen LogP contribution in [0.5, 0.6) is 11.5 Å². The molecular weight excluding hydrogens is 446 g/mol. The molecule has 0 saturated heterocycles. The number of amides is 1. The maximum Gasteiger partial charge on any atom is 0.331 e. The highest BCUT2D eigenvalue weighted by molar-refractivity contribution is 6.01. The summed E-state index contributed by atoms with van der Waals surface area (Å²) in [6, 6.07) is 11.9. The highest BCUT2D eigenvalue weighted by Gasteiger charge is 2.22. The van der Waals surface area contributed by atoms with Crippen molar-refractivity contribution < 1.29 is 28.6 Å². The molecule has 1 N–H and O–H groups in total. The Balaban J connectivity index is 1.98. The van der Waals surface area contributed by atoms with Gasteiger partial charge in [-0.25, -0.2) is 4.79 Å². The average Bonchev–Trinajstić information content (AvgIpc) is 2.81. The first kappa shape index (κ1) is 27.6. The van der Waals surface area contributed by atoms with Crippen LogP contribution in [0.1, 0.15) is 63.9 Å². The van der Waals surface area contributed by atoms with E-state index in [1.165, 1.54) is 13.0 Å². The summed E-state index contributed by atoms with van der Waals surface area (Å²) in [7, 11) is 0. The summed E-state index contributed by atoms with van der Waals surface area (Å²) in [6.07, 6.45) is 2.78. The van der Waals surface area contributed by atoms with Gasteiger partial charge in [0, 0.05) is 22.7 Å². The van der Waals surface area contributed by atoms with Gasteiger partial charge >= 0.3 is 5.97 Å². The molecule has 2 aromatic rings. The van der Waals surface area contributed by atoms with Crippen LogP contribution in [0.15, 0.2) is 48.5 Å². The van der Waals surface area contributed by atoms with E-state index < -0.39 is 17.5 Å². The summed E-state index contributed by atoms with van der Waals surface area (Å²) in [5, 5.41) is 2.81. The molecule has 0 aliphatic heterocycles. The van der Waals surface area contributed by atoms with Gasteiger partial charge in [-0.2, -0.15) is 0 Å². The topological polar surface area (TPSA) is 90.9 Å². The maximum atomic E-state index is 12.7. The van der Waals surface area contributed by atoms with Gasteiger partial charge in [-0.05, 0) is 68.3 Å². The zero-order valence-electron chi connectivity index (χ0n) is 21.3. The summed E-state index contributed by atoms with van der Waals surface area (Å²) in [4.78, 5) is 37.1. The zero-order valence-corrected chi connectivity index (χ0v) is 21.3. The number of hydrogen-bond donors (Lipinski definition) is 1. The number of carbonyl (C=O) groups excluding carboxylic acids is 3. The number of anilines is 1. The number of ketones is 1. The van der Waals surface area contributed by atoms with Gasteiger partial charge in [-0.15, -0.1) is 0 Å². The molecule has 0 saturated carbocycles. The molecule has 2 rings (SSSR count). The van der Waals surface area contributed by atoms with E-state index in [0.29, 0.717) is 36.0 Å². The standard InChI is InChI=1S/C28H35NO6/c1-7-17-34-23-15-9-20(18-24(23)33-8-2)10-16-25(30)35-19(3)26(31)21-11-13-22(14-12-21)29-27(32)28(4,5)6/h9-16,18-19H,7-8,17H2,1-6H3,(H,29,32)/b16-10+/t19-/m0/s1. The number of Topliss-reactive ketones (excluding diaryl/α,β-unsaturated/α-hetero) is 1. The number of hydrogen-bond acceptors (Lipinski definition) is 6. The molecule has 0 fully saturated rings. The molecule has 7 nitrogen and oxygen atoms in total. The first-order valence-corrected chi connectivity index (χ1v) is 11.8. The predicted molar refractivity (Wildman–Crippen MR) is 137 cm³/mol. The third kappa shape index (κ3) is 8.59. The van der Waals surface area contributed by atoms with Gasteiger partial charge < -0.3 is 19.5 Å². The lowest BCUT2D eigenvalue weighted by Gasteiger charge is -2.18. The molecule has 188 valence electrons. The third-order valence-electron chi connectivity index (χ3n) is 4.91. The quantitative estimate of drug-likeness (QED) is 0.252. The van der Waals surface area contributed by atoms with E-state index in [2.05, 4.69) is 5.32 Å². The minimum absolute atomic E-state index is 0.123. The van der Waals surface area contributed by atoms with Crippen LogP contribution in [0, 0.1) is 5.41 Å². The minimum atomic E-state index is -0.967. The number of nitrogens with one attached hydrogen (secondary N) is 1. The second-order valence-corrected chi connectivity index (χ2v) is 9.05. The lowest BCUT2D eigenvalue weighted by atomic mass is 9.95. The summed E-state index contributed by atoms with van der Waals surface area (Å²) in [5.41, 5.74) is 1.18. The lowest BCUT2D eigenvalue weighted by Crippen LogP contribution is -2.27. The van der Waals surface area contributed by atoms with E-state index in [-0.39, 0.29) is 11.7 Å². The van der Waals surface area contributed by atoms with Gasteiger partial charge in [0.15, 0.2) is 17.6 Å². The number of esters is 1. The van der Waals surface area contributed by atoms with Gasteiger partial charge in [0.05, 0.1) is 13.2 Å². The molecule has 2 aromatic carbocycles. The molecule has 0 aliphatic carbocycles. The van der Waals surface area contributed by atoms with Crippen LogP contribution in [0.3, 0.4) is 0 Å². The van der Waals surface area contributed by atoms with Crippen molar-refractivity contribution in [2.24, 2.45) is 5.41 Å². The van der Waals surface area contributed by atoms with Crippen LogP contribution in [0.2, 0.25) is 0 Å². The van der Waals surface area contributed by atoms with Crippen molar-refractivity contribution in [3.63, 3.8) is 0 Å². The Morgan fingerprint density at radius 2 is 1.66 bits per heavy atom. The number of rotatable bonds is 11. The first-order valence-electron chi connectivity index (χ1n) is 11.8. The highest BCUT2D eigenvalue weighted by Crippen LogP contribution is 2.29. The second-order valence-electron chi connectivity index (χ2n) is 9.05. The molecule has 0 aromatic heterocycles. The van der Waals surface area contributed by atoms with Crippen LogP contribution < -0.4 is 14.8 Å². The van der Waals surface area contributed by atoms with Crippen LogP contribution in [-0.2, 0) is 14.3 Å². The summed E-state index contributed by atoms with van der Waals surface area (Å²) < 4.78 is 16.6. The minimum Gasteiger partial charge on any atom is -0.490 e. The molecule has 1 atom stereocenters. The molecule has 0 unspecified atom stereocenters. The van der Waals surface area contributed by atoms with Gasteiger partial charge in [-0.3, -0.25) is 9.59 Å². The summed E-state index contributed by atoms with van der Waals surface area (Å²) in [5.74, 6) is 0.154. The molecule has 0 radical (unpaired) electrons. The van der Waals surface area contributed by atoms with E-state index in [1.54, 1.807) is 42.5 Å². The average molecular weight is 482 g/mol. The zero-order chi connectivity index (χ0) is 26.0. The van der Waals surface area contributed by atoms with E-state index in [0.717, 1.165) is 12.0 Å². The number of carbonyl (C=O) groups is 3. The largest absolute Gasteiger partial charge is 0.490 e. The van der Waals surface area contributed by atoms with Gasteiger partial charge in [0.2, 0.25) is 11.7 Å². The van der Waals surface area contributed by atoms with Crippen molar-refractivity contribution in [3.05, 3.63) is 59.7 Å². The van der Waals surface area contributed by atoms with Crippen molar-refractivity contribution in [3.8, 4) is 11.5 Å². The molecule has 35 heavy (non-hydrogen) atoms. The monoisotopic (exact) mass is 481 g/mol. The Morgan fingerprint density at radius 1 is 0.971 bits per heavy atom. The van der Waals surface area contributed by atoms with Crippen LogP contribution in [-0.4, -0.2) is 37.0 Å². The van der Waals surface area contributed by atoms with Crippen LogP contribution in [0.25, 0.3) is 6.08 Å². The summed E-state index contributed by atoms with van der Waals surface area (Å²) in [6.45, 7) is 12.0. The Labute approximate surface area is 207 Å². The van der Waals surface area contributed by atoms with Gasteiger partial charge in [0.25, 0.3) is 0 Å². The van der Waals surface area contributed by atoms with E-state index in [4.69, 9.17) is 14.2 Å². The maximum absolute atomic E-state index is 12.7. The second kappa shape index (κ2) is 12.7.